The Labute approximate surface area is 130 Å². The standard InChI is InChI=1S/C16H21BN2O3/c1-15(2)16(3,4)22-17(21-15)11-7-6-8-12-10(11)9-13(19-12)14(20)18-5/h6-9,19H,1-5H3,(H,18,20). The molecule has 1 aromatic carbocycles. The number of H-pyrrole nitrogens is 1. The molecule has 1 aromatic heterocycles. The molecule has 0 spiro atoms. The minimum absolute atomic E-state index is 0.143. The summed E-state index contributed by atoms with van der Waals surface area (Å²) in [6, 6.07) is 7.70. The van der Waals surface area contributed by atoms with E-state index in [1.807, 2.05) is 52.0 Å². The summed E-state index contributed by atoms with van der Waals surface area (Å²) in [5.74, 6) is -0.143. The molecule has 0 bridgehead atoms. The molecule has 3 rings (SSSR count). The quantitative estimate of drug-likeness (QED) is 0.832. The van der Waals surface area contributed by atoms with Gasteiger partial charge in [-0.05, 0) is 50.7 Å². The number of benzene rings is 1. The van der Waals surface area contributed by atoms with Crippen molar-refractivity contribution in [3.8, 4) is 0 Å². The van der Waals surface area contributed by atoms with Crippen LogP contribution in [0.3, 0.4) is 0 Å². The van der Waals surface area contributed by atoms with E-state index in [4.69, 9.17) is 9.31 Å². The number of hydrogen-bond donors (Lipinski definition) is 2. The van der Waals surface area contributed by atoms with Crippen LogP contribution >= 0.6 is 0 Å². The van der Waals surface area contributed by atoms with Crippen LogP contribution in [0.2, 0.25) is 0 Å². The Morgan fingerprint density at radius 2 is 1.82 bits per heavy atom. The first-order chi connectivity index (χ1) is 10.2. The zero-order chi connectivity index (χ0) is 16.1. The van der Waals surface area contributed by atoms with Crippen molar-refractivity contribution >= 4 is 29.4 Å². The topological polar surface area (TPSA) is 63.4 Å². The van der Waals surface area contributed by atoms with Crippen molar-refractivity contribution in [2.45, 2.75) is 38.9 Å². The molecule has 1 aliphatic rings. The van der Waals surface area contributed by atoms with Crippen LogP contribution in [0.5, 0.6) is 0 Å². The summed E-state index contributed by atoms with van der Waals surface area (Å²) in [5, 5.41) is 3.57. The van der Waals surface area contributed by atoms with Gasteiger partial charge in [-0.1, -0.05) is 12.1 Å². The maximum Gasteiger partial charge on any atom is 0.495 e. The van der Waals surface area contributed by atoms with Gasteiger partial charge in [-0.3, -0.25) is 4.79 Å². The van der Waals surface area contributed by atoms with Crippen LogP contribution in [-0.4, -0.2) is 36.3 Å². The molecule has 1 aliphatic heterocycles. The predicted molar refractivity (Wildman–Crippen MR) is 87.4 cm³/mol. The van der Waals surface area contributed by atoms with E-state index in [1.54, 1.807) is 7.05 Å². The highest BCUT2D eigenvalue weighted by atomic mass is 16.7. The van der Waals surface area contributed by atoms with Crippen LogP contribution in [0.15, 0.2) is 24.3 Å². The van der Waals surface area contributed by atoms with Crippen LogP contribution < -0.4 is 10.8 Å². The van der Waals surface area contributed by atoms with Gasteiger partial charge in [0.25, 0.3) is 5.91 Å². The van der Waals surface area contributed by atoms with E-state index in [0.29, 0.717) is 5.69 Å². The lowest BCUT2D eigenvalue weighted by molar-refractivity contribution is 0.00578. The number of hydrogen-bond acceptors (Lipinski definition) is 3. The third-order valence-corrected chi connectivity index (χ3v) is 4.68. The number of aromatic nitrogens is 1. The summed E-state index contributed by atoms with van der Waals surface area (Å²) in [6.07, 6.45) is 0. The van der Waals surface area contributed by atoms with Crippen molar-refractivity contribution in [2.24, 2.45) is 0 Å². The average Bonchev–Trinajstić information content (AvgIpc) is 2.96. The highest BCUT2D eigenvalue weighted by Crippen LogP contribution is 2.37. The van der Waals surface area contributed by atoms with Crippen LogP contribution in [0.25, 0.3) is 10.9 Å². The van der Waals surface area contributed by atoms with E-state index in [9.17, 15) is 4.79 Å². The van der Waals surface area contributed by atoms with E-state index in [2.05, 4.69) is 10.3 Å². The van der Waals surface area contributed by atoms with E-state index < -0.39 is 7.12 Å². The molecule has 2 heterocycles. The molecule has 1 fully saturated rings. The molecular formula is C16H21BN2O3. The SMILES string of the molecule is CNC(=O)c1cc2c(B3OC(C)(C)C(C)(C)O3)cccc2[nH]1. The van der Waals surface area contributed by atoms with Gasteiger partial charge >= 0.3 is 7.12 Å². The van der Waals surface area contributed by atoms with Crippen molar-refractivity contribution in [3.05, 3.63) is 30.0 Å². The molecule has 0 atom stereocenters. The van der Waals surface area contributed by atoms with Gasteiger partial charge in [0.05, 0.1) is 11.2 Å². The normalized spacial score (nSPS) is 19.6. The highest BCUT2D eigenvalue weighted by Gasteiger charge is 2.52. The summed E-state index contributed by atoms with van der Waals surface area (Å²) < 4.78 is 12.2. The second-order valence-electron chi connectivity index (χ2n) is 6.66. The third-order valence-electron chi connectivity index (χ3n) is 4.68. The third kappa shape index (κ3) is 2.23. The van der Waals surface area contributed by atoms with Crippen molar-refractivity contribution < 1.29 is 14.1 Å². The second kappa shape index (κ2) is 4.86. The van der Waals surface area contributed by atoms with Gasteiger partial charge in [0.15, 0.2) is 0 Å². The second-order valence-corrected chi connectivity index (χ2v) is 6.66. The maximum atomic E-state index is 11.8. The van der Waals surface area contributed by atoms with E-state index in [1.165, 1.54) is 0 Å². The molecule has 2 N–H and O–H groups in total. The fraction of sp³-hybridized carbons (Fsp3) is 0.438. The molecule has 2 aromatic rings. The maximum absolute atomic E-state index is 11.8. The van der Waals surface area contributed by atoms with Crippen molar-refractivity contribution in [3.63, 3.8) is 0 Å². The molecule has 116 valence electrons. The minimum atomic E-state index is -0.443. The first-order valence-electron chi connectivity index (χ1n) is 7.44. The molecule has 5 nitrogen and oxygen atoms in total. The Morgan fingerprint density at radius 3 is 2.41 bits per heavy atom. The Bertz CT molecular complexity index is 720. The number of amides is 1. The number of carbonyl (C=O) groups excluding carboxylic acids is 1. The monoisotopic (exact) mass is 300 g/mol. The van der Waals surface area contributed by atoms with Crippen molar-refractivity contribution in [1.29, 1.82) is 0 Å². The summed E-state index contributed by atoms with van der Waals surface area (Å²) in [5.41, 5.74) is 1.58. The van der Waals surface area contributed by atoms with Gasteiger partial charge in [-0.15, -0.1) is 0 Å². The van der Waals surface area contributed by atoms with Gasteiger partial charge in [0.2, 0.25) is 0 Å². The Hall–Kier alpha value is -1.79. The zero-order valence-electron chi connectivity index (χ0n) is 13.6. The molecule has 0 unspecified atom stereocenters. The summed E-state index contributed by atoms with van der Waals surface area (Å²) in [7, 11) is 1.17. The molecule has 1 amide bonds. The van der Waals surface area contributed by atoms with Crippen molar-refractivity contribution in [2.75, 3.05) is 7.05 Å². The molecule has 0 radical (unpaired) electrons. The number of nitrogens with one attached hydrogen (secondary N) is 2. The average molecular weight is 300 g/mol. The van der Waals surface area contributed by atoms with Gasteiger partial charge < -0.3 is 19.6 Å². The molecule has 1 saturated heterocycles. The van der Waals surface area contributed by atoms with E-state index in [0.717, 1.165) is 16.4 Å². The van der Waals surface area contributed by atoms with Crippen LogP contribution in [-0.2, 0) is 9.31 Å². The Morgan fingerprint density at radius 1 is 1.18 bits per heavy atom. The number of carbonyl (C=O) groups is 1. The minimum Gasteiger partial charge on any atom is -0.399 e. The highest BCUT2D eigenvalue weighted by molar-refractivity contribution is 6.65. The molecule has 0 saturated carbocycles. The number of rotatable bonds is 2. The van der Waals surface area contributed by atoms with Gasteiger partial charge in [-0.2, -0.15) is 0 Å². The van der Waals surface area contributed by atoms with Crippen LogP contribution in [0.1, 0.15) is 38.2 Å². The van der Waals surface area contributed by atoms with Gasteiger partial charge in [-0.25, -0.2) is 0 Å². The summed E-state index contributed by atoms with van der Waals surface area (Å²) in [4.78, 5) is 14.9. The lowest BCUT2D eigenvalue weighted by Gasteiger charge is -2.32. The van der Waals surface area contributed by atoms with Gasteiger partial charge in [0.1, 0.15) is 5.69 Å². The molecule has 22 heavy (non-hydrogen) atoms. The first kappa shape index (κ1) is 15.1. The largest absolute Gasteiger partial charge is 0.495 e. The summed E-state index contributed by atoms with van der Waals surface area (Å²) in [6.45, 7) is 8.11. The Balaban J connectivity index is 2.05. The van der Waals surface area contributed by atoms with E-state index >= 15 is 0 Å². The smallest absolute Gasteiger partial charge is 0.399 e. The summed E-state index contributed by atoms with van der Waals surface area (Å²) >= 11 is 0. The first-order valence-corrected chi connectivity index (χ1v) is 7.44. The van der Waals surface area contributed by atoms with E-state index in [-0.39, 0.29) is 17.1 Å². The molecule has 6 heteroatoms. The van der Waals surface area contributed by atoms with Crippen molar-refractivity contribution in [1.82, 2.24) is 10.3 Å². The number of aromatic amines is 1. The predicted octanol–water partition coefficient (Wildman–Crippen LogP) is 1.83. The fourth-order valence-electron chi connectivity index (χ4n) is 2.61. The Kier molecular flexibility index (Phi) is 3.34. The van der Waals surface area contributed by atoms with Crippen LogP contribution in [0, 0.1) is 0 Å². The lowest BCUT2D eigenvalue weighted by Crippen LogP contribution is -2.41. The number of fused-ring (bicyclic) bond motifs is 1. The fourth-order valence-corrected chi connectivity index (χ4v) is 2.61. The lowest BCUT2D eigenvalue weighted by atomic mass is 9.77. The van der Waals surface area contributed by atoms with Gasteiger partial charge in [0, 0.05) is 12.6 Å². The zero-order valence-corrected chi connectivity index (χ0v) is 13.6. The van der Waals surface area contributed by atoms with Crippen LogP contribution in [0.4, 0.5) is 0 Å². The molecule has 0 aliphatic carbocycles. The molecular weight excluding hydrogens is 279 g/mol.